The van der Waals surface area contributed by atoms with Gasteiger partial charge in [-0.05, 0) is 24.1 Å². The van der Waals surface area contributed by atoms with Crippen molar-refractivity contribution in [1.29, 1.82) is 0 Å². The van der Waals surface area contributed by atoms with Crippen molar-refractivity contribution in [3.8, 4) is 0 Å². The first kappa shape index (κ1) is 8.59. The number of hydrogen-bond donors (Lipinski definition) is 0. The lowest BCUT2D eigenvalue weighted by molar-refractivity contribution is 0.897. The van der Waals surface area contributed by atoms with Crippen molar-refractivity contribution >= 4 is 5.65 Å². The van der Waals surface area contributed by atoms with Gasteiger partial charge in [0.25, 0.3) is 0 Å². The third kappa shape index (κ3) is 1.53. The lowest BCUT2D eigenvalue weighted by Crippen LogP contribution is -1.94. The van der Waals surface area contributed by atoms with Gasteiger partial charge in [0.15, 0.2) is 0 Å². The monoisotopic (exact) mass is 187 g/mol. The molecule has 2 aromatic heterocycles. The summed E-state index contributed by atoms with van der Waals surface area (Å²) in [5.41, 5.74) is 10.1. The van der Waals surface area contributed by atoms with Crippen LogP contribution in [0, 0.1) is 0 Å². The summed E-state index contributed by atoms with van der Waals surface area (Å²) in [4.78, 5) is 6.94. The largest absolute Gasteiger partial charge is 0.304 e. The van der Waals surface area contributed by atoms with Crippen molar-refractivity contribution < 1.29 is 0 Å². The van der Waals surface area contributed by atoms with Crippen molar-refractivity contribution in [2.75, 3.05) is 6.54 Å². The van der Waals surface area contributed by atoms with Gasteiger partial charge >= 0.3 is 0 Å². The van der Waals surface area contributed by atoms with Crippen LogP contribution in [0.2, 0.25) is 0 Å². The number of nitrogens with zero attached hydrogens (tertiary/aromatic N) is 5. The molecule has 0 aliphatic carbocycles. The van der Waals surface area contributed by atoms with Gasteiger partial charge in [-0.25, -0.2) is 4.98 Å². The zero-order valence-corrected chi connectivity index (χ0v) is 7.54. The van der Waals surface area contributed by atoms with Gasteiger partial charge in [-0.1, -0.05) is 11.2 Å². The molecule has 0 unspecified atom stereocenters. The Morgan fingerprint density at radius 2 is 2.43 bits per heavy atom. The quantitative estimate of drug-likeness (QED) is 0.412. The molecule has 5 nitrogen and oxygen atoms in total. The van der Waals surface area contributed by atoms with Crippen LogP contribution in [0.5, 0.6) is 0 Å². The fourth-order valence-corrected chi connectivity index (χ4v) is 1.38. The zero-order chi connectivity index (χ0) is 9.80. The van der Waals surface area contributed by atoms with Gasteiger partial charge in [-0.15, -0.1) is 0 Å². The molecule has 2 heterocycles. The van der Waals surface area contributed by atoms with Gasteiger partial charge in [0, 0.05) is 29.5 Å². The maximum atomic E-state index is 8.14. The Bertz CT molecular complexity index is 481. The summed E-state index contributed by atoms with van der Waals surface area (Å²) >= 11 is 0. The number of azide groups is 1. The third-order valence-corrected chi connectivity index (χ3v) is 2.02. The van der Waals surface area contributed by atoms with Gasteiger partial charge in [0.1, 0.15) is 5.65 Å². The molecule has 0 fully saturated rings. The second-order valence-corrected chi connectivity index (χ2v) is 2.88. The van der Waals surface area contributed by atoms with E-state index in [1.54, 1.807) is 0 Å². The molecule has 5 heteroatoms. The lowest BCUT2D eigenvalue weighted by atomic mass is 10.3. The number of fused-ring (bicyclic) bond motifs is 1. The number of hydrogen-bond acceptors (Lipinski definition) is 2. The second-order valence-electron chi connectivity index (χ2n) is 2.88. The Hall–Kier alpha value is -2.00. The third-order valence-electron chi connectivity index (χ3n) is 2.02. The molecule has 0 radical (unpaired) electrons. The minimum atomic E-state index is 0.471. The van der Waals surface area contributed by atoms with Crippen LogP contribution < -0.4 is 0 Å². The minimum absolute atomic E-state index is 0.471. The van der Waals surface area contributed by atoms with Crippen molar-refractivity contribution in [1.82, 2.24) is 9.38 Å². The number of imidazole rings is 1. The Kier molecular flexibility index (Phi) is 2.34. The SMILES string of the molecule is [N-]=[N+]=NCCc1cnc2ccccn12. The summed E-state index contributed by atoms with van der Waals surface area (Å²) in [5, 5.41) is 3.49. The van der Waals surface area contributed by atoms with Crippen LogP contribution >= 0.6 is 0 Å². The van der Waals surface area contributed by atoms with Crippen LogP contribution in [0.15, 0.2) is 35.7 Å². The highest BCUT2D eigenvalue weighted by molar-refractivity contribution is 5.39. The summed E-state index contributed by atoms with van der Waals surface area (Å²) < 4.78 is 1.99. The standard InChI is InChI=1S/C9H9N5/c10-13-12-5-4-8-7-11-9-3-1-2-6-14(8)9/h1-3,6-7H,4-5H2. The van der Waals surface area contributed by atoms with E-state index in [9.17, 15) is 0 Å². The van der Waals surface area contributed by atoms with Gasteiger partial charge in [-0.2, -0.15) is 0 Å². The molecule has 0 aliphatic rings. The molecule has 0 amide bonds. The van der Waals surface area contributed by atoms with E-state index in [-0.39, 0.29) is 0 Å². The van der Waals surface area contributed by atoms with Crippen molar-refractivity contribution in [2.45, 2.75) is 6.42 Å². The summed E-state index contributed by atoms with van der Waals surface area (Å²) in [6.07, 6.45) is 4.48. The fraction of sp³-hybridized carbons (Fsp3) is 0.222. The summed E-state index contributed by atoms with van der Waals surface area (Å²) in [6.45, 7) is 0.471. The first-order valence-corrected chi connectivity index (χ1v) is 4.33. The average molecular weight is 187 g/mol. The molecule has 0 saturated heterocycles. The molecule has 0 atom stereocenters. The summed E-state index contributed by atoms with van der Waals surface area (Å²) in [6, 6.07) is 5.84. The average Bonchev–Trinajstić information content (AvgIpc) is 2.63. The van der Waals surface area contributed by atoms with Crippen LogP contribution in [-0.4, -0.2) is 15.9 Å². The molecular formula is C9H9N5. The van der Waals surface area contributed by atoms with E-state index < -0.39 is 0 Å². The second kappa shape index (κ2) is 3.81. The van der Waals surface area contributed by atoms with Gasteiger partial charge in [-0.3, -0.25) is 0 Å². The zero-order valence-electron chi connectivity index (χ0n) is 7.54. The maximum absolute atomic E-state index is 8.14. The van der Waals surface area contributed by atoms with Gasteiger partial charge < -0.3 is 4.40 Å². The van der Waals surface area contributed by atoms with E-state index >= 15 is 0 Å². The molecule has 2 rings (SSSR count). The molecule has 0 saturated carbocycles. The predicted octanol–water partition coefficient (Wildman–Crippen LogP) is 2.19. The van der Waals surface area contributed by atoms with E-state index in [1.807, 2.05) is 35.0 Å². The molecule has 0 aromatic carbocycles. The number of pyridine rings is 1. The van der Waals surface area contributed by atoms with E-state index in [0.29, 0.717) is 6.54 Å². The van der Waals surface area contributed by atoms with Crippen molar-refractivity contribution in [3.63, 3.8) is 0 Å². The maximum Gasteiger partial charge on any atom is 0.136 e. The van der Waals surface area contributed by atoms with Crippen LogP contribution in [0.3, 0.4) is 0 Å². The highest BCUT2D eigenvalue weighted by Crippen LogP contribution is 2.06. The molecule has 0 bridgehead atoms. The predicted molar refractivity (Wildman–Crippen MR) is 52.9 cm³/mol. The topological polar surface area (TPSA) is 66.1 Å². The van der Waals surface area contributed by atoms with E-state index in [4.69, 9.17) is 5.53 Å². The van der Waals surface area contributed by atoms with Crippen molar-refractivity contribution in [3.05, 3.63) is 46.7 Å². The summed E-state index contributed by atoms with van der Waals surface area (Å²) in [7, 11) is 0. The normalized spacial score (nSPS) is 10.0. The van der Waals surface area contributed by atoms with Crippen LogP contribution in [-0.2, 0) is 6.42 Å². The summed E-state index contributed by atoms with van der Waals surface area (Å²) in [5.74, 6) is 0. The van der Waals surface area contributed by atoms with Crippen LogP contribution in [0.4, 0.5) is 0 Å². The number of aromatic nitrogens is 2. The fourth-order valence-electron chi connectivity index (χ4n) is 1.38. The Balaban J connectivity index is 2.29. The highest BCUT2D eigenvalue weighted by atomic mass is 15.1. The Morgan fingerprint density at radius 1 is 1.50 bits per heavy atom. The Morgan fingerprint density at radius 3 is 3.29 bits per heavy atom. The molecule has 14 heavy (non-hydrogen) atoms. The molecule has 0 aliphatic heterocycles. The minimum Gasteiger partial charge on any atom is -0.304 e. The highest BCUT2D eigenvalue weighted by Gasteiger charge is 2.00. The molecular weight excluding hydrogens is 178 g/mol. The smallest absolute Gasteiger partial charge is 0.136 e. The number of rotatable bonds is 3. The molecule has 2 aromatic rings. The first-order chi connectivity index (χ1) is 6.92. The van der Waals surface area contributed by atoms with Gasteiger partial charge in [0.05, 0.1) is 0 Å². The first-order valence-electron chi connectivity index (χ1n) is 4.33. The van der Waals surface area contributed by atoms with Crippen LogP contribution in [0.1, 0.15) is 5.69 Å². The lowest BCUT2D eigenvalue weighted by Gasteiger charge is -1.97. The Labute approximate surface area is 80.6 Å². The van der Waals surface area contributed by atoms with E-state index in [1.165, 1.54) is 0 Å². The van der Waals surface area contributed by atoms with E-state index in [0.717, 1.165) is 17.8 Å². The molecule has 0 N–H and O–H groups in total. The molecule has 0 spiro atoms. The van der Waals surface area contributed by atoms with Crippen LogP contribution in [0.25, 0.3) is 16.1 Å². The molecule has 70 valence electrons. The van der Waals surface area contributed by atoms with Gasteiger partial charge in [0.2, 0.25) is 0 Å². The van der Waals surface area contributed by atoms with Crippen molar-refractivity contribution in [2.24, 2.45) is 5.11 Å². The van der Waals surface area contributed by atoms with E-state index in [2.05, 4.69) is 15.0 Å².